The molecule has 0 bridgehead atoms. The SMILES string of the molecule is COc1cnc2c(-c3nc4c(C)cc5c(c4s3)OC[C@@H](OC(=O)N(C)c3ccc(Cl)nc3)O5)cc(C)cc2n1. The monoisotopic (exact) mass is 563 g/mol. The molecule has 12 heteroatoms. The van der Waals surface area contributed by atoms with Crippen LogP contribution in [0.1, 0.15) is 11.1 Å². The smallest absolute Gasteiger partial charge is 0.417 e. The minimum Gasteiger partial charge on any atom is -0.480 e. The number of pyridine rings is 1. The van der Waals surface area contributed by atoms with Crippen molar-refractivity contribution in [3.8, 4) is 28.0 Å². The third kappa shape index (κ3) is 4.64. The Morgan fingerprint density at radius 1 is 1.13 bits per heavy atom. The lowest BCUT2D eigenvalue weighted by molar-refractivity contribution is -0.0718. The van der Waals surface area contributed by atoms with Crippen molar-refractivity contribution in [2.45, 2.75) is 20.1 Å². The Bertz CT molecular complexity index is 1740. The van der Waals surface area contributed by atoms with E-state index in [1.807, 2.05) is 32.0 Å². The van der Waals surface area contributed by atoms with Gasteiger partial charge in [0.15, 0.2) is 18.1 Å². The second-order valence-corrected chi connectivity index (χ2v) is 10.3. The van der Waals surface area contributed by atoms with Crippen molar-refractivity contribution in [2.75, 3.05) is 25.7 Å². The Hall–Kier alpha value is -4.22. The van der Waals surface area contributed by atoms with Gasteiger partial charge in [0.2, 0.25) is 5.88 Å². The number of hydrogen-bond acceptors (Lipinski definition) is 10. The number of carbonyl (C=O) groups is 1. The first-order chi connectivity index (χ1) is 18.8. The molecule has 0 saturated heterocycles. The van der Waals surface area contributed by atoms with Gasteiger partial charge in [0, 0.05) is 12.6 Å². The first kappa shape index (κ1) is 25.1. The quantitative estimate of drug-likeness (QED) is 0.245. The molecule has 0 spiro atoms. The Kier molecular flexibility index (Phi) is 6.32. The number of fused-ring (bicyclic) bond motifs is 4. The van der Waals surface area contributed by atoms with E-state index >= 15 is 0 Å². The summed E-state index contributed by atoms with van der Waals surface area (Å²) in [6.45, 7) is 3.98. The summed E-state index contributed by atoms with van der Waals surface area (Å²) in [7, 11) is 3.14. The lowest BCUT2D eigenvalue weighted by Gasteiger charge is -2.28. The van der Waals surface area contributed by atoms with Crippen LogP contribution in [0.25, 0.3) is 31.8 Å². The summed E-state index contributed by atoms with van der Waals surface area (Å²) in [5.74, 6) is 1.49. The lowest BCUT2D eigenvalue weighted by Crippen LogP contribution is -2.38. The highest BCUT2D eigenvalue weighted by molar-refractivity contribution is 7.22. The molecular formula is C27H22ClN5O5S. The molecule has 2 aromatic carbocycles. The van der Waals surface area contributed by atoms with Crippen molar-refractivity contribution < 1.29 is 23.7 Å². The fourth-order valence-corrected chi connectivity index (χ4v) is 5.54. The Morgan fingerprint density at radius 2 is 1.97 bits per heavy atom. The molecule has 10 nitrogen and oxygen atoms in total. The summed E-state index contributed by atoms with van der Waals surface area (Å²) in [6.07, 6.45) is 1.54. The van der Waals surface area contributed by atoms with E-state index in [9.17, 15) is 4.79 Å². The number of methoxy groups -OCH3 is 1. The zero-order valence-electron chi connectivity index (χ0n) is 21.4. The first-order valence-corrected chi connectivity index (χ1v) is 13.1. The molecular weight excluding hydrogens is 542 g/mol. The highest BCUT2D eigenvalue weighted by Crippen LogP contribution is 2.46. The summed E-state index contributed by atoms with van der Waals surface area (Å²) < 4.78 is 23.7. The van der Waals surface area contributed by atoms with Crippen LogP contribution in [0.3, 0.4) is 0 Å². The normalized spacial score (nSPS) is 14.4. The molecule has 1 amide bonds. The molecule has 1 aliphatic rings. The maximum atomic E-state index is 12.7. The van der Waals surface area contributed by atoms with E-state index in [0.717, 1.165) is 42.9 Å². The van der Waals surface area contributed by atoms with E-state index in [1.165, 1.54) is 22.4 Å². The van der Waals surface area contributed by atoms with Gasteiger partial charge in [-0.25, -0.2) is 24.7 Å². The molecule has 0 aliphatic carbocycles. The predicted octanol–water partition coefficient (Wildman–Crippen LogP) is 5.95. The molecule has 1 aliphatic heterocycles. The molecule has 0 radical (unpaired) electrons. The molecule has 0 saturated carbocycles. The molecule has 0 unspecified atom stereocenters. The molecule has 1 atom stereocenters. The summed E-state index contributed by atoms with van der Waals surface area (Å²) >= 11 is 7.32. The van der Waals surface area contributed by atoms with Crippen LogP contribution in [0, 0.1) is 13.8 Å². The third-order valence-electron chi connectivity index (χ3n) is 6.21. The van der Waals surface area contributed by atoms with Gasteiger partial charge in [-0.05, 0) is 55.3 Å². The molecule has 198 valence electrons. The molecule has 0 N–H and O–H groups in total. The largest absolute Gasteiger partial charge is 0.480 e. The maximum absolute atomic E-state index is 12.7. The number of aromatic nitrogens is 4. The van der Waals surface area contributed by atoms with Crippen molar-refractivity contribution in [1.29, 1.82) is 0 Å². The Labute approximate surface area is 232 Å². The zero-order valence-corrected chi connectivity index (χ0v) is 23.0. The van der Waals surface area contributed by atoms with Gasteiger partial charge in [-0.3, -0.25) is 4.90 Å². The zero-order chi connectivity index (χ0) is 27.3. The predicted molar refractivity (Wildman–Crippen MR) is 148 cm³/mol. The van der Waals surface area contributed by atoms with Crippen LogP contribution in [-0.4, -0.2) is 53.1 Å². The number of aryl methyl sites for hydroxylation is 2. The van der Waals surface area contributed by atoms with Crippen LogP contribution in [0.4, 0.5) is 10.5 Å². The lowest BCUT2D eigenvalue weighted by atomic mass is 10.1. The van der Waals surface area contributed by atoms with E-state index in [-0.39, 0.29) is 6.61 Å². The van der Waals surface area contributed by atoms with Gasteiger partial charge in [0.1, 0.15) is 14.9 Å². The molecule has 0 fully saturated rings. The number of halogens is 1. The van der Waals surface area contributed by atoms with Crippen molar-refractivity contribution >= 4 is 56.0 Å². The van der Waals surface area contributed by atoms with E-state index < -0.39 is 12.4 Å². The highest BCUT2D eigenvalue weighted by Gasteiger charge is 2.30. The number of anilines is 1. The summed E-state index contributed by atoms with van der Waals surface area (Å²) in [4.78, 5) is 32.1. The Morgan fingerprint density at radius 3 is 2.74 bits per heavy atom. The number of benzene rings is 2. The van der Waals surface area contributed by atoms with Crippen LogP contribution in [0.2, 0.25) is 5.15 Å². The topological polar surface area (TPSA) is 109 Å². The van der Waals surface area contributed by atoms with Gasteiger partial charge in [-0.1, -0.05) is 11.6 Å². The fourth-order valence-electron chi connectivity index (χ4n) is 4.28. The molecule has 39 heavy (non-hydrogen) atoms. The van der Waals surface area contributed by atoms with E-state index in [4.69, 9.17) is 35.5 Å². The van der Waals surface area contributed by atoms with Gasteiger partial charge in [-0.15, -0.1) is 11.3 Å². The number of ether oxygens (including phenoxy) is 4. The van der Waals surface area contributed by atoms with Crippen LogP contribution in [0.15, 0.2) is 42.7 Å². The van der Waals surface area contributed by atoms with Crippen molar-refractivity contribution in [3.05, 3.63) is 59.0 Å². The number of amides is 1. The van der Waals surface area contributed by atoms with Crippen LogP contribution in [-0.2, 0) is 4.74 Å². The third-order valence-corrected chi connectivity index (χ3v) is 7.53. The van der Waals surface area contributed by atoms with Crippen molar-refractivity contribution in [2.24, 2.45) is 0 Å². The van der Waals surface area contributed by atoms with Crippen LogP contribution < -0.4 is 19.1 Å². The van der Waals surface area contributed by atoms with Crippen LogP contribution >= 0.6 is 22.9 Å². The van der Waals surface area contributed by atoms with Crippen molar-refractivity contribution in [3.63, 3.8) is 0 Å². The average molecular weight is 564 g/mol. The van der Waals surface area contributed by atoms with Crippen LogP contribution in [0.5, 0.6) is 17.4 Å². The summed E-state index contributed by atoms with van der Waals surface area (Å²) in [5.41, 5.74) is 5.60. The van der Waals surface area contributed by atoms with Gasteiger partial charge in [0.05, 0.1) is 41.7 Å². The second-order valence-electron chi connectivity index (χ2n) is 8.95. The highest BCUT2D eigenvalue weighted by atomic mass is 35.5. The standard InChI is InChI=1S/C27H22ClN5O5S/c1-13-7-16(23-17(8-13)31-20(35-4)11-30-23)26-32-22-14(2)9-18-24(25(22)39-26)36-12-21(37-18)38-27(34)33(3)15-5-6-19(28)29-10-15/h5-11,21H,12H2,1-4H3/t21-/m1/s1. The molecule has 5 aromatic rings. The molecule has 3 aromatic heterocycles. The van der Waals surface area contributed by atoms with E-state index in [2.05, 4.69) is 15.0 Å². The number of thiazole rings is 1. The van der Waals surface area contributed by atoms with Gasteiger partial charge >= 0.3 is 6.09 Å². The summed E-state index contributed by atoms with van der Waals surface area (Å²) in [6, 6.07) is 9.12. The minimum atomic E-state index is -0.928. The fraction of sp³-hybridized carbons (Fsp3) is 0.222. The van der Waals surface area contributed by atoms with Gasteiger partial charge in [0.25, 0.3) is 6.29 Å². The molecule has 4 heterocycles. The van der Waals surface area contributed by atoms with E-state index in [1.54, 1.807) is 32.5 Å². The van der Waals surface area contributed by atoms with Gasteiger partial charge in [-0.2, -0.15) is 0 Å². The number of carbonyl (C=O) groups excluding carboxylic acids is 1. The number of hydrogen-bond donors (Lipinski definition) is 0. The van der Waals surface area contributed by atoms with E-state index in [0.29, 0.717) is 28.2 Å². The van der Waals surface area contributed by atoms with Gasteiger partial charge < -0.3 is 18.9 Å². The minimum absolute atomic E-state index is 0.0233. The first-order valence-electron chi connectivity index (χ1n) is 11.9. The maximum Gasteiger partial charge on any atom is 0.417 e. The Balaban J connectivity index is 1.30. The summed E-state index contributed by atoms with van der Waals surface area (Å²) in [5, 5.41) is 1.11. The second kappa shape index (κ2) is 9.83. The number of rotatable bonds is 4. The van der Waals surface area contributed by atoms with Crippen molar-refractivity contribution in [1.82, 2.24) is 19.9 Å². The molecule has 6 rings (SSSR count). The average Bonchev–Trinajstić information content (AvgIpc) is 3.38. The number of nitrogens with zero attached hydrogens (tertiary/aromatic N) is 5.